The molecule has 0 aliphatic carbocycles. The van der Waals surface area contributed by atoms with Crippen LogP contribution in [0.5, 0.6) is 0 Å². The zero-order chi connectivity index (χ0) is 26.3. The minimum absolute atomic E-state index is 0.00982. The first-order valence-electron chi connectivity index (χ1n) is 11.1. The first kappa shape index (κ1) is 25.9. The summed E-state index contributed by atoms with van der Waals surface area (Å²) >= 11 is 1.25. The maximum atomic E-state index is 14.6. The van der Waals surface area contributed by atoms with Crippen molar-refractivity contribution in [2.45, 2.75) is 45.3 Å². The third-order valence-corrected chi connectivity index (χ3v) is 6.91. The average Bonchev–Trinajstić information content (AvgIpc) is 3.18. The summed E-state index contributed by atoms with van der Waals surface area (Å²) in [6.45, 7) is 4.34. The van der Waals surface area contributed by atoms with Crippen LogP contribution in [0.15, 0.2) is 30.7 Å². The molecule has 2 atom stereocenters. The molecule has 3 aromatic rings. The highest BCUT2D eigenvalue weighted by Gasteiger charge is 2.47. The van der Waals surface area contributed by atoms with Crippen LogP contribution >= 0.6 is 11.3 Å². The lowest BCUT2D eigenvalue weighted by Crippen LogP contribution is -2.57. The van der Waals surface area contributed by atoms with E-state index in [-0.39, 0.29) is 18.1 Å². The summed E-state index contributed by atoms with van der Waals surface area (Å²) in [5.41, 5.74) is 0.264. The van der Waals surface area contributed by atoms with Crippen molar-refractivity contribution < 1.29 is 26.7 Å². The van der Waals surface area contributed by atoms with Crippen LogP contribution in [0.25, 0.3) is 10.6 Å². The Bertz CT molecular complexity index is 1250. The molecule has 192 valence electrons. The molecule has 1 unspecified atom stereocenters. The molecule has 1 N–H and O–H groups in total. The largest absolute Gasteiger partial charge is 0.434 e. The van der Waals surface area contributed by atoms with Crippen LogP contribution in [0, 0.1) is 19.8 Å². The van der Waals surface area contributed by atoms with E-state index in [1.54, 1.807) is 26.1 Å². The van der Waals surface area contributed by atoms with Gasteiger partial charge in [0, 0.05) is 19.2 Å². The van der Waals surface area contributed by atoms with E-state index in [9.17, 15) is 26.7 Å². The molecule has 0 aromatic carbocycles. The van der Waals surface area contributed by atoms with E-state index < -0.39 is 48.6 Å². The number of carbonyl (C=O) groups excluding carboxylic acids is 1. The number of amides is 1. The van der Waals surface area contributed by atoms with Crippen molar-refractivity contribution in [3.63, 3.8) is 0 Å². The molecule has 0 spiro atoms. The summed E-state index contributed by atoms with van der Waals surface area (Å²) in [5.74, 6) is -4.34. The molecule has 13 heteroatoms. The topological polar surface area (TPSA) is 83.9 Å². The number of rotatable bonds is 5. The highest BCUT2D eigenvalue weighted by molar-refractivity contribution is 7.15. The van der Waals surface area contributed by atoms with Gasteiger partial charge in [0.05, 0.1) is 40.6 Å². The third kappa shape index (κ3) is 5.45. The molecule has 0 saturated carbocycles. The number of nitrogens with zero attached hydrogens (tertiary/aromatic N) is 5. The summed E-state index contributed by atoms with van der Waals surface area (Å²) < 4.78 is 67.5. The Morgan fingerprint density at radius 3 is 2.61 bits per heavy atom. The number of carbonyl (C=O) groups is 1. The van der Waals surface area contributed by atoms with Gasteiger partial charge in [-0.2, -0.15) is 13.2 Å². The molecule has 1 aliphatic rings. The van der Waals surface area contributed by atoms with E-state index in [4.69, 9.17) is 0 Å². The maximum Gasteiger partial charge on any atom is 0.434 e. The van der Waals surface area contributed by atoms with Gasteiger partial charge < -0.3 is 10.2 Å². The number of hydrogen-bond acceptors (Lipinski definition) is 7. The van der Waals surface area contributed by atoms with Crippen LogP contribution in [0.3, 0.4) is 0 Å². The van der Waals surface area contributed by atoms with Gasteiger partial charge in [0.25, 0.3) is 11.8 Å². The molecule has 1 fully saturated rings. The van der Waals surface area contributed by atoms with Gasteiger partial charge in [-0.15, -0.1) is 11.3 Å². The molecule has 1 saturated heterocycles. The molecular formula is C23H23F5N6OS. The van der Waals surface area contributed by atoms with Crippen molar-refractivity contribution in [1.29, 1.82) is 0 Å². The molecule has 1 aliphatic heterocycles. The van der Waals surface area contributed by atoms with Crippen molar-refractivity contribution in [2.24, 2.45) is 5.92 Å². The number of alkyl halides is 5. The molecule has 4 heterocycles. The predicted molar refractivity (Wildman–Crippen MR) is 124 cm³/mol. The standard InChI is InChI=1S/C23H23F5N6OS/c1-12-5-4-6-29-18(12)20-19(33-14(3)36-20)21(35)34-11-22(24,25)7-13(2)15(34)8-31-17-10-30-16(9-32-17)23(26,27)28/h4-6,9-10,13,15H,7-8,11H2,1-3H3,(H,31,32)/t13-,15?/m1/s1. The second-order valence-corrected chi connectivity index (χ2v) is 9.99. The number of anilines is 1. The van der Waals surface area contributed by atoms with Crippen molar-refractivity contribution in [2.75, 3.05) is 18.4 Å². The van der Waals surface area contributed by atoms with E-state index in [2.05, 4.69) is 25.3 Å². The molecule has 36 heavy (non-hydrogen) atoms. The van der Waals surface area contributed by atoms with Crippen molar-refractivity contribution in [3.05, 3.63) is 52.7 Å². The van der Waals surface area contributed by atoms with Crippen LogP contribution in [-0.2, 0) is 6.18 Å². The van der Waals surface area contributed by atoms with Crippen LogP contribution in [0.2, 0.25) is 0 Å². The van der Waals surface area contributed by atoms with Gasteiger partial charge in [-0.3, -0.25) is 9.78 Å². The van der Waals surface area contributed by atoms with Crippen molar-refractivity contribution in [1.82, 2.24) is 24.8 Å². The number of nitrogens with one attached hydrogen (secondary N) is 1. The lowest BCUT2D eigenvalue weighted by Gasteiger charge is -2.43. The van der Waals surface area contributed by atoms with Crippen LogP contribution in [0.4, 0.5) is 27.8 Å². The van der Waals surface area contributed by atoms with Crippen molar-refractivity contribution >= 4 is 23.1 Å². The number of likely N-dealkylation sites (tertiary alicyclic amines) is 1. The van der Waals surface area contributed by atoms with E-state index in [1.165, 1.54) is 11.3 Å². The van der Waals surface area contributed by atoms with E-state index in [0.717, 1.165) is 16.7 Å². The molecule has 1 amide bonds. The number of aromatic nitrogens is 4. The summed E-state index contributed by atoms with van der Waals surface area (Å²) in [7, 11) is 0. The first-order valence-corrected chi connectivity index (χ1v) is 11.9. The fourth-order valence-electron chi connectivity index (χ4n) is 4.25. The Labute approximate surface area is 207 Å². The summed E-state index contributed by atoms with van der Waals surface area (Å²) in [6.07, 6.45) is -1.98. The fourth-order valence-corrected chi connectivity index (χ4v) is 5.22. The maximum absolute atomic E-state index is 14.6. The third-order valence-electron chi connectivity index (χ3n) is 5.94. The minimum Gasteiger partial charge on any atom is -0.367 e. The number of halogens is 5. The van der Waals surface area contributed by atoms with E-state index >= 15 is 0 Å². The Balaban J connectivity index is 1.62. The second kappa shape index (κ2) is 9.68. The van der Waals surface area contributed by atoms with Gasteiger partial charge in [0.2, 0.25) is 0 Å². The number of pyridine rings is 1. The van der Waals surface area contributed by atoms with E-state index in [1.807, 2.05) is 13.0 Å². The lowest BCUT2D eigenvalue weighted by molar-refractivity contribution is -0.141. The minimum atomic E-state index is -4.63. The van der Waals surface area contributed by atoms with E-state index in [0.29, 0.717) is 21.8 Å². The second-order valence-electron chi connectivity index (χ2n) is 8.78. The fraction of sp³-hybridized carbons (Fsp3) is 0.435. The quantitative estimate of drug-likeness (QED) is 0.459. The van der Waals surface area contributed by atoms with Gasteiger partial charge in [-0.1, -0.05) is 13.0 Å². The highest BCUT2D eigenvalue weighted by atomic mass is 32.1. The Kier molecular flexibility index (Phi) is 6.95. The molecule has 4 rings (SSSR count). The highest BCUT2D eigenvalue weighted by Crippen LogP contribution is 2.38. The molecule has 3 aromatic heterocycles. The Morgan fingerprint density at radius 2 is 1.97 bits per heavy atom. The number of aryl methyl sites for hydroxylation is 2. The Morgan fingerprint density at radius 1 is 1.22 bits per heavy atom. The zero-order valence-corrected chi connectivity index (χ0v) is 20.4. The van der Waals surface area contributed by atoms with Crippen molar-refractivity contribution in [3.8, 4) is 10.6 Å². The first-order chi connectivity index (χ1) is 16.9. The van der Waals surface area contributed by atoms with Gasteiger partial charge in [-0.05, 0) is 31.4 Å². The summed E-state index contributed by atoms with van der Waals surface area (Å²) in [6, 6.07) is 2.90. The lowest BCUT2D eigenvalue weighted by atomic mass is 9.88. The van der Waals surface area contributed by atoms with Gasteiger partial charge >= 0.3 is 6.18 Å². The SMILES string of the molecule is Cc1nc(C(=O)N2CC(F)(F)C[C@@H](C)C2CNc2cnc(C(F)(F)F)cn2)c(-c2ncccc2C)s1. The number of thiazole rings is 1. The van der Waals surface area contributed by atoms with Crippen LogP contribution in [-0.4, -0.2) is 55.8 Å². The predicted octanol–water partition coefficient (Wildman–Crippen LogP) is 5.23. The van der Waals surface area contributed by atoms with Crippen LogP contribution < -0.4 is 5.32 Å². The monoisotopic (exact) mass is 526 g/mol. The number of hydrogen-bond donors (Lipinski definition) is 1. The van der Waals surface area contributed by atoms with Gasteiger partial charge in [0.15, 0.2) is 5.69 Å². The summed E-state index contributed by atoms with van der Waals surface area (Å²) in [4.78, 5) is 31.0. The average molecular weight is 527 g/mol. The van der Waals surface area contributed by atoms with Gasteiger partial charge in [-0.25, -0.2) is 23.7 Å². The van der Waals surface area contributed by atoms with Crippen LogP contribution in [0.1, 0.15) is 40.1 Å². The molecule has 0 bridgehead atoms. The Hall–Kier alpha value is -3.22. The normalized spacial score (nSPS) is 19.8. The smallest absolute Gasteiger partial charge is 0.367 e. The molecule has 7 nitrogen and oxygen atoms in total. The van der Waals surface area contributed by atoms with Gasteiger partial charge in [0.1, 0.15) is 11.5 Å². The zero-order valence-electron chi connectivity index (χ0n) is 19.6. The summed E-state index contributed by atoms with van der Waals surface area (Å²) in [5, 5.41) is 3.43. The molecule has 0 radical (unpaired) electrons. The number of piperidine rings is 1. The molecular weight excluding hydrogens is 503 g/mol.